The van der Waals surface area contributed by atoms with Crippen LogP contribution in [0.25, 0.3) is 16.9 Å². The van der Waals surface area contributed by atoms with Gasteiger partial charge >= 0.3 is 0 Å². The molecule has 4 rings (SSSR count). The van der Waals surface area contributed by atoms with E-state index in [1.807, 2.05) is 18.2 Å². The van der Waals surface area contributed by atoms with Crippen molar-refractivity contribution in [3.8, 4) is 17.1 Å². The standard InChI is InChI=1S/C18H18Cl2N4O/c1-2-23-8-7-13(11-23)25-18-6-5-17-21-10-16(24(17)22-18)14-4-3-12(19)9-15(14)20/h3-6,9-10,13H,2,7-8,11H2,1H3. The molecule has 0 N–H and O–H groups in total. The van der Waals surface area contributed by atoms with Crippen molar-refractivity contribution in [1.82, 2.24) is 19.5 Å². The van der Waals surface area contributed by atoms with Gasteiger partial charge in [0.25, 0.3) is 0 Å². The molecule has 5 nitrogen and oxygen atoms in total. The second-order valence-corrected chi connectivity index (χ2v) is 6.97. The molecule has 1 fully saturated rings. The first-order valence-electron chi connectivity index (χ1n) is 8.33. The highest BCUT2D eigenvalue weighted by atomic mass is 35.5. The lowest BCUT2D eigenvalue weighted by Gasteiger charge is -2.14. The summed E-state index contributed by atoms with van der Waals surface area (Å²) in [6.45, 7) is 5.23. The van der Waals surface area contributed by atoms with E-state index in [9.17, 15) is 0 Å². The number of rotatable bonds is 4. The van der Waals surface area contributed by atoms with Gasteiger partial charge in [0, 0.05) is 29.7 Å². The largest absolute Gasteiger partial charge is 0.472 e. The van der Waals surface area contributed by atoms with Crippen LogP contribution in [-0.4, -0.2) is 45.2 Å². The summed E-state index contributed by atoms with van der Waals surface area (Å²) in [5, 5.41) is 5.78. The summed E-state index contributed by atoms with van der Waals surface area (Å²) in [5.41, 5.74) is 2.39. The van der Waals surface area contributed by atoms with Crippen molar-refractivity contribution in [1.29, 1.82) is 0 Å². The van der Waals surface area contributed by atoms with E-state index in [0.717, 1.165) is 43.0 Å². The lowest BCUT2D eigenvalue weighted by molar-refractivity contribution is 0.192. The van der Waals surface area contributed by atoms with Gasteiger partial charge in [0.1, 0.15) is 6.10 Å². The highest BCUT2D eigenvalue weighted by Crippen LogP contribution is 2.31. The smallest absolute Gasteiger partial charge is 0.232 e. The maximum Gasteiger partial charge on any atom is 0.232 e. The number of nitrogens with zero attached hydrogens (tertiary/aromatic N) is 4. The Morgan fingerprint density at radius 2 is 2.12 bits per heavy atom. The van der Waals surface area contributed by atoms with Gasteiger partial charge in [-0.25, -0.2) is 9.50 Å². The highest BCUT2D eigenvalue weighted by Gasteiger charge is 2.23. The molecule has 1 aliphatic heterocycles. The van der Waals surface area contributed by atoms with Gasteiger partial charge in [0.05, 0.1) is 16.9 Å². The predicted molar refractivity (Wildman–Crippen MR) is 99.6 cm³/mol. The number of fused-ring (bicyclic) bond motifs is 1. The van der Waals surface area contributed by atoms with Crippen LogP contribution in [0.2, 0.25) is 10.0 Å². The van der Waals surface area contributed by atoms with Gasteiger partial charge < -0.3 is 4.74 Å². The Morgan fingerprint density at radius 1 is 1.24 bits per heavy atom. The normalized spacial score (nSPS) is 18.1. The zero-order chi connectivity index (χ0) is 17.4. The van der Waals surface area contributed by atoms with E-state index in [1.165, 1.54) is 0 Å². The van der Waals surface area contributed by atoms with Crippen LogP contribution in [-0.2, 0) is 0 Å². The number of hydrogen-bond acceptors (Lipinski definition) is 4. The molecule has 1 saturated heterocycles. The first-order chi connectivity index (χ1) is 12.1. The maximum absolute atomic E-state index is 6.34. The Labute approximate surface area is 156 Å². The lowest BCUT2D eigenvalue weighted by atomic mass is 10.2. The zero-order valence-corrected chi connectivity index (χ0v) is 15.3. The van der Waals surface area contributed by atoms with Crippen molar-refractivity contribution >= 4 is 28.8 Å². The topological polar surface area (TPSA) is 42.7 Å². The van der Waals surface area contributed by atoms with Crippen molar-refractivity contribution in [3.05, 3.63) is 46.6 Å². The van der Waals surface area contributed by atoms with Gasteiger partial charge in [-0.1, -0.05) is 30.1 Å². The zero-order valence-electron chi connectivity index (χ0n) is 13.8. The fourth-order valence-electron chi connectivity index (χ4n) is 3.15. The SMILES string of the molecule is CCN1CCC(Oc2ccc3ncc(-c4ccc(Cl)cc4Cl)n3n2)C1. The average molecular weight is 377 g/mol. The van der Waals surface area contributed by atoms with Crippen LogP contribution in [0.15, 0.2) is 36.5 Å². The number of likely N-dealkylation sites (tertiary alicyclic amines) is 1. The fourth-order valence-corrected chi connectivity index (χ4v) is 3.66. The summed E-state index contributed by atoms with van der Waals surface area (Å²) in [4.78, 5) is 6.78. The van der Waals surface area contributed by atoms with Crippen molar-refractivity contribution in [3.63, 3.8) is 0 Å². The van der Waals surface area contributed by atoms with Crippen LogP contribution in [0.3, 0.4) is 0 Å². The molecule has 0 amide bonds. The number of imidazole rings is 1. The molecular weight excluding hydrogens is 359 g/mol. The van der Waals surface area contributed by atoms with E-state index in [1.54, 1.807) is 22.8 Å². The molecule has 0 radical (unpaired) electrons. The molecule has 0 bridgehead atoms. The van der Waals surface area contributed by atoms with Crippen molar-refractivity contribution in [2.45, 2.75) is 19.4 Å². The van der Waals surface area contributed by atoms with Crippen LogP contribution >= 0.6 is 23.2 Å². The van der Waals surface area contributed by atoms with Gasteiger partial charge in [0.2, 0.25) is 5.88 Å². The summed E-state index contributed by atoms with van der Waals surface area (Å²) in [6.07, 6.45) is 2.96. The number of likely N-dealkylation sites (N-methyl/N-ethyl adjacent to an activating group) is 1. The Bertz CT molecular complexity index is 911. The molecule has 2 aromatic heterocycles. The van der Waals surface area contributed by atoms with Crippen LogP contribution in [0, 0.1) is 0 Å². The summed E-state index contributed by atoms with van der Waals surface area (Å²) < 4.78 is 7.83. The van der Waals surface area contributed by atoms with Crippen molar-refractivity contribution < 1.29 is 4.74 Å². The van der Waals surface area contributed by atoms with Gasteiger partial charge in [-0.2, -0.15) is 0 Å². The monoisotopic (exact) mass is 376 g/mol. The molecule has 130 valence electrons. The van der Waals surface area contributed by atoms with Crippen LogP contribution < -0.4 is 4.74 Å². The quantitative estimate of drug-likeness (QED) is 0.684. The third-order valence-corrected chi connectivity index (χ3v) is 5.06. The van der Waals surface area contributed by atoms with E-state index < -0.39 is 0 Å². The number of aromatic nitrogens is 3. The Morgan fingerprint density at radius 3 is 2.88 bits per heavy atom. The molecule has 1 atom stereocenters. The minimum absolute atomic E-state index is 0.177. The molecule has 1 aromatic carbocycles. The molecule has 3 aromatic rings. The van der Waals surface area contributed by atoms with Crippen LogP contribution in [0.4, 0.5) is 0 Å². The lowest BCUT2D eigenvalue weighted by Crippen LogP contribution is -2.24. The minimum Gasteiger partial charge on any atom is -0.472 e. The third kappa shape index (κ3) is 3.32. The number of halogens is 2. The van der Waals surface area contributed by atoms with Gasteiger partial charge in [-0.3, -0.25) is 4.90 Å². The van der Waals surface area contributed by atoms with E-state index in [-0.39, 0.29) is 6.10 Å². The van der Waals surface area contributed by atoms with E-state index >= 15 is 0 Å². The summed E-state index contributed by atoms with van der Waals surface area (Å²) in [7, 11) is 0. The van der Waals surface area contributed by atoms with Gasteiger partial charge in [0.15, 0.2) is 5.65 Å². The summed E-state index contributed by atoms with van der Waals surface area (Å²) in [6, 6.07) is 9.17. The van der Waals surface area contributed by atoms with Gasteiger partial charge in [-0.05, 0) is 37.2 Å². The van der Waals surface area contributed by atoms with Crippen LogP contribution in [0.5, 0.6) is 5.88 Å². The molecule has 7 heteroatoms. The van der Waals surface area contributed by atoms with E-state index in [2.05, 4.69) is 21.9 Å². The molecule has 25 heavy (non-hydrogen) atoms. The average Bonchev–Trinajstić information content (AvgIpc) is 3.22. The van der Waals surface area contributed by atoms with Gasteiger partial charge in [-0.15, -0.1) is 5.10 Å². The van der Waals surface area contributed by atoms with Crippen molar-refractivity contribution in [2.24, 2.45) is 0 Å². The first-order valence-corrected chi connectivity index (χ1v) is 9.09. The molecule has 1 unspecified atom stereocenters. The first kappa shape index (κ1) is 16.6. The second-order valence-electron chi connectivity index (χ2n) is 6.13. The van der Waals surface area contributed by atoms with Crippen LogP contribution in [0.1, 0.15) is 13.3 Å². The Balaban J connectivity index is 1.66. The van der Waals surface area contributed by atoms with E-state index in [0.29, 0.717) is 15.9 Å². The second kappa shape index (κ2) is 6.83. The fraction of sp³-hybridized carbons (Fsp3) is 0.333. The summed E-state index contributed by atoms with van der Waals surface area (Å²) in [5.74, 6) is 0.597. The molecule has 0 aliphatic carbocycles. The number of ether oxygens (including phenoxy) is 1. The van der Waals surface area contributed by atoms with Crippen molar-refractivity contribution in [2.75, 3.05) is 19.6 Å². The number of hydrogen-bond donors (Lipinski definition) is 0. The molecular formula is C18H18Cl2N4O. The molecule has 0 spiro atoms. The summed E-state index contributed by atoms with van der Waals surface area (Å²) >= 11 is 12.3. The molecule has 3 heterocycles. The molecule has 0 saturated carbocycles. The molecule has 1 aliphatic rings. The van der Waals surface area contributed by atoms with E-state index in [4.69, 9.17) is 27.9 Å². The predicted octanol–water partition coefficient (Wildman–Crippen LogP) is 4.18. The Hall–Kier alpha value is -1.82. The minimum atomic E-state index is 0.177. The highest BCUT2D eigenvalue weighted by molar-refractivity contribution is 6.36. The Kier molecular flexibility index (Phi) is 4.54. The number of benzene rings is 1. The maximum atomic E-state index is 6.34. The third-order valence-electron chi connectivity index (χ3n) is 4.51.